The summed E-state index contributed by atoms with van der Waals surface area (Å²) in [5.41, 5.74) is 3.04. The number of carbonyl (C=O) groups is 2. The summed E-state index contributed by atoms with van der Waals surface area (Å²) in [6, 6.07) is 14.5. The van der Waals surface area contributed by atoms with Crippen LogP contribution in [0.3, 0.4) is 0 Å². The molecule has 1 heterocycles. The van der Waals surface area contributed by atoms with Gasteiger partial charge in [-0.15, -0.1) is 0 Å². The number of carbonyl (C=O) groups excluding carboxylic acids is 1. The molecule has 0 atom stereocenters. The molecule has 0 saturated heterocycles. The second-order valence-corrected chi connectivity index (χ2v) is 6.95. The lowest BCUT2D eigenvalue weighted by atomic mass is 9.89. The summed E-state index contributed by atoms with van der Waals surface area (Å²) in [6.45, 7) is 5.68. The number of nitrogens with one attached hydrogen (secondary N) is 1. The Hall–Kier alpha value is -2.88. The first-order valence-electron chi connectivity index (χ1n) is 7.77. The van der Waals surface area contributed by atoms with E-state index in [0.29, 0.717) is 5.69 Å². The number of aromatic amines is 1. The lowest BCUT2D eigenvalue weighted by molar-refractivity contribution is 0.0696. The maximum absolute atomic E-state index is 12.4. The van der Waals surface area contributed by atoms with Gasteiger partial charge in [0.2, 0.25) is 0 Å². The fourth-order valence-electron chi connectivity index (χ4n) is 2.67. The van der Waals surface area contributed by atoms with Crippen molar-refractivity contribution in [1.29, 1.82) is 0 Å². The van der Waals surface area contributed by atoms with Gasteiger partial charge in [-0.3, -0.25) is 4.79 Å². The molecule has 0 aliphatic carbocycles. The van der Waals surface area contributed by atoms with E-state index in [2.05, 4.69) is 4.98 Å². The first-order chi connectivity index (χ1) is 11.3. The van der Waals surface area contributed by atoms with Crippen molar-refractivity contribution in [2.24, 2.45) is 5.41 Å². The molecule has 24 heavy (non-hydrogen) atoms. The fourth-order valence-corrected chi connectivity index (χ4v) is 2.67. The normalized spacial score (nSPS) is 11.6. The van der Waals surface area contributed by atoms with Crippen molar-refractivity contribution in [2.75, 3.05) is 0 Å². The van der Waals surface area contributed by atoms with E-state index in [1.807, 2.05) is 51.1 Å². The molecule has 3 aromatic rings. The van der Waals surface area contributed by atoms with Crippen LogP contribution in [0.4, 0.5) is 0 Å². The van der Waals surface area contributed by atoms with E-state index >= 15 is 0 Å². The highest BCUT2D eigenvalue weighted by molar-refractivity contribution is 6.02. The fraction of sp³-hybridized carbons (Fsp3) is 0.200. The van der Waals surface area contributed by atoms with E-state index in [4.69, 9.17) is 5.11 Å². The number of carboxylic acid groups (broad SMARTS) is 1. The molecular weight excluding hydrogens is 302 g/mol. The summed E-state index contributed by atoms with van der Waals surface area (Å²) in [7, 11) is 0. The van der Waals surface area contributed by atoms with E-state index in [0.717, 1.165) is 22.0 Å². The third-order valence-corrected chi connectivity index (χ3v) is 3.99. The van der Waals surface area contributed by atoms with E-state index in [9.17, 15) is 9.59 Å². The minimum Gasteiger partial charge on any atom is -0.478 e. The van der Waals surface area contributed by atoms with Crippen molar-refractivity contribution < 1.29 is 14.7 Å². The van der Waals surface area contributed by atoms with Crippen molar-refractivity contribution in [3.8, 4) is 11.1 Å². The first kappa shape index (κ1) is 16.0. The molecule has 2 N–H and O–H groups in total. The molecule has 1 aromatic heterocycles. The first-order valence-corrected chi connectivity index (χ1v) is 7.77. The number of aromatic carboxylic acids is 1. The standard InChI is InChI=1S/C20H19NO3/c1-20(2,3)18(22)17-11-15-10-13(7-8-16(15)21-17)12-5-4-6-14(9-12)19(23)24/h4-11,21H,1-3H3,(H,23,24). The number of hydrogen-bond acceptors (Lipinski definition) is 2. The summed E-state index contributed by atoms with van der Waals surface area (Å²) in [4.78, 5) is 26.7. The third kappa shape index (κ3) is 2.95. The second kappa shape index (κ2) is 5.64. The van der Waals surface area contributed by atoms with E-state index in [1.54, 1.807) is 18.2 Å². The average molecular weight is 321 g/mol. The number of ketones is 1. The largest absolute Gasteiger partial charge is 0.478 e. The lowest BCUT2D eigenvalue weighted by Crippen LogP contribution is -2.20. The van der Waals surface area contributed by atoms with Crippen molar-refractivity contribution in [1.82, 2.24) is 4.98 Å². The Morgan fingerprint density at radius 2 is 1.67 bits per heavy atom. The number of fused-ring (bicyclic) bond motifs is 1. The Bertz CT molecular complexity index is 945. The number of rotatable bonds is 3. The van der Waals surface area contributed by atoms with E-state index in [-0.39, 0.29) is 11.3 Å². The van der Waals surface area contributed by atoms with Crippen LogP contribution in [0, 0.1) is 5.41 Å². The Balaban J connectivity index is 2.05. The zero-order valence-corrected chi connectivity index (χ0v) is 13.9. The molecule has 3 rings (SSSR count). The second-order valence-electron chi connectivity index (χ2n) is 6.95. The molecule has 4 nitrogen and oxygen atoms in total. The maximum Gasteiger partial charge on any atom is 0.335 e. The summed E-state index contributed by atoms with van der Waals surface area (Å²) in [5, 5.41) is 10.1. The predicted octanol–water partition coefficient (Wildman–Crippen LogP) is 4.76. The molecule has 0 radical (unpaired) electrons. The van der Waals surface area contributed by atoms with Crippen molar-refractivity contribution in [2.45, 2.75) is 20.8 Å². The summed E-state index contributed by atoms with van der Waals surface area (Å²) in [5.74, 6) is -0.884. The lowest BCUT2D eigenvalue weighted by Gasteiger charge is -2.14. The van der Waals surface area contributed by atoms with Gasteiger partial charge in [0, 0.05) is 16.3 Å². The zero-order chi connectivity index (χ0) is 17.5. The van der Waals surface area contributed by atoms with Gasteiger partial charge in [-0.2, -0.15) is 0 Å². The van der Waals surface area contributed by atoms with Gasteiger partial charge in [-0.1, -0.05) is 39.0 Å². The average Bonchev–Trinajstić information content (AvgIpc) is 2.96. The van der Waals surface area contributed by atoms with Gasteiger partial charge in [0.25, 0.3) is 0 Å². The van der Waals surface area contributed by atoms with E-state index < -0.39 is 11.4 Å². The Labute approximate surface area is 140 Å². The van der Waals surface area contributed by atoms with Crippen LogP contribution in [0.15, 0.2) is 48.5 Å². The molecule has 122 valence electrons. The number of H-pyrrole nitrogens is 1. The monoisotopic (exact) mass is 321 g/mol. The molecule has 0 saturated carbocycles. The molecule has 0 amide bonds. The molecule has 0 bridgehead atoms. The molecule has 4 heteroatoms. The van der Waals surface area contributed by atoms with Crippen LogP contribution in [-0.4, -0.2) is 21.8 Å². The van der Waals surface area contributed by atoms with Gasteiger partial charge in [-0.05, 0) is 41.5 Å². The maximum atomic E-state index is 12.4. The summed E-state index contributed by atoms with van der Waals surface area (Å²) < 4.78 is 0. The van der Waals surface area contributed by atoms with Gasteiger partial charge in [0.05, 0.1) is 11.3 Å². The van der Waals surface area contributed by atoms with Gasteiger partial charge in [-0.25, -0.2) is 4.79 Å². The van der Waals surface area contributed by atoms with Crippen molar-refractivity contribution >= 4 is 22.7 Å². The topological polar surface area (TPSA) is 70.2 Å². The summed E-state index contributed by atoms with van der Waals surface area (Å²) in [6.07, 6.45) is 0. The number of hydrogen-bond donors (Lipinski definition) is 2. The predicted molar refractivity (Wildman–Crippen MR) is 94.5 cm³/mol. The van der Waals surface area contributed by atoms with Gasteiger partial charge >= 0.3 is 5.97 Å². The van der Waals surface area contributed by atoms with Crippen LogP contribution in [0.2, 0.25) is 0 Å². The highest BCUT2D eigenvalue weighted by Gasteiger charge is 2.24. The van der Waals surface area contributed by atoms with Crippen LogP contribution < -0.4 is 0 Å². The highest BCUT2D eigenvalue weighted by Crippen LogP contribution is 2.28. The van der Waals surface area contributed by atoms with Crippen LogP contribution >= 0.6 is 0 Å². The third-order valence-electron chi connectivity index (χ3n) is 3.99. The minimum absolute atomic E-state index is 0.0631. The molecule has 0 aliphatic heterocycles. The number of carboxylic acids is 1. The Kier molecular flexibility index (Phi) is 3.76. The van der Waals surface area contributed by atoms with Gasteiger partial charge < -0.3 is 10.1 Å². The Morgan fingerprint density at radius 3 is 2.33 bits per heavy atom. The SMILES string of the molecule is CC(C)(C)C(=O)c1cc2cc(-c3cccc(C(=O)O)c3)ccc2[nH]1. The number of aromatic nitrogens is 1. The summed E-state index contributed by atoms with van der Waals surface area (Å²) >= 11 is 0. The van der Waals surface area contributed by atoms with Gasteiger partial charge in [0.15, 0.2) is 5.78 Å². The number of Topliss-reactive ketones (excluding diaryl/α,β-unsaturated/α-hetero) is 1. The van der Waals surface area contributed by atoms with Crippen LogP contribution in [0.25, 0.3) is 22.0 Å². The zero-order valence-electron chi connectivity index (χ0n) is 13.9. The molecule has 0 fully saturated rings. The highest BCUT2D eigenvalue weighted by atomic mass is 16.4. The van der Waals surface area contributed by atoms with Gasteiger partial charge in [0.1, 0.15) is 0 Å². The van der Waals surface area contributed by atoms with Crippen molar-refractivity contribution in [3.05, 3.63) is 59.8 Å². The number of benzene rings is 2. The smallest absolute Gasteiger partial charge is 0.335 e. The Morgan fingerprint density at radius 1 is 0.958 bits per heavy atom. The minimum atomic E-state index is -0.947. The van der Waals surface area contributed by atoms with Crippen molar-refractivity contribution in [3.63, 3.8) is 0 Å². The van der Waals surface area contributed by atoms with E-state index in [1.165, 1.54) is 0 Å². The van der Waals surface area contributed by atoms with Crippen LogP contribution in [-0.2, 0) is 0 Å². The van der Waals surface area contributed by atoms with Crippen LogP contribution in [0.1, 0.15) is 41.6 Å². The molecular formula is C20H19NO3. The molecule has 2 aromatic carbocycles. The molecule has 0 spiro atoms. The van der Waals surface area contributed by atoms with Crippen LogP contribution in [0.5, 0.6) is 0 Å². The molecule has 0 aliphatic rings. The molecule has 0 unspecified atom stereocenters. The quantitative estimate of drug-likeness (QED) is 0.683.